The van der Waals surface area contributed by atoms with E-state index in [9.17, 15) is 0 Å². The van der Waals surface area contributed by atoms with Crippen LogP contribution in [-0.2, 0) is 0 Å². The maximum atomic E-state index is 4.35. The molecule has 0 bridgehead atoms. The standard InChI is InChI=1S/C20H29N7/c1-3-7-26-19(5-1)17-24-15-13-22-11-9-21-10-12-23-14-16-25-18-20-6-2-4-8-27-20/h1-8,17-18,21-23H,9-16H2. The highest BCUT2D eigenvalue weighted by Crippen LogP contribution is 1.88. The highest BCUT2D eigenvalue weighted by Gasteiger charge is 1.90. The van der Waals surface area contributed by atoms with Gasteiger partial charge in [0.2, 0.25) is 0 Å². The molecule has 2 rings (SSSR count). The second kappa shape index (κ2) is 14.7. The van der Waals surface area contributed by atoms with Crippen LogP contribution in [0.5, 0.6) is 0 Å². The molecule has 0 amide bonds. The first-order chi connectivity index (χ1) is 13.4. The van der Waals surface area contributed by atoms with Crippen molar-refractivity contribution in [2.24, 2.45) is 9.98 Å². The Morgan fingerprint density at radius 1 is 0.630 bits per heavy atom. The molecule has 27 heavy (non-hydrogen) atoms. The Labute approximate surface area is 161 Å². The van der Waals surface area contributed by atoms with Crippen molar-refractivity contribution in [3.05, 3.63) is 60.2 Å². The minimum atomic E-state index is 0.761. The van der Waals surface area contributed by atoms with Gasteiger partial charge in [-0.3, -0.25) is 20.0 Å². The van der Waals surface area contributed by atoms with Gasteiger partial charge in [-0.15, -0.1) is 0 Å². The van der Waals surface area contributed by atoms with E-state index < -0.39 is 0 Å². The van der Waals surface area contributed by atoms with E-state index in [1.165, 1.54) is 0 Å². The average molecular weight is 368 g/mol. The van der Waals surface area contributed by atoms with Crippen LogP contribution in [0.25, 0.3) is 0 Å². The molecule has 2 aromatic rings. The number of aliphatic imine (C=N–C) groups is 2. The van der Waals surface area contributed by atoms with Crippen LogP contribution in [0.2, 0.25) is 0 Å². The third-order valence-electron chi connectivity index (χ3n) is 3.62. The van der Waals surface area contributed by atoms with E-state index >= 15 is 0 Å². The molecule has 0 unspecified atom stereocenters. The van der Waals surface area contributed by atoms with Crippen LogP contribution in [-0.4, -0.2) is 74.8 Å². The monoisotopic (exact) mass is 367 g/mol. The van der Waals surface area contributed by atoms with E-state index in [0.717, 1.165) is 63.7 Å². The Kier molecular flexibility index (Phi) is 11.3. The van der Waals surface area contributed by atoms with E-state index in [1.807, 2.05) is 48.8 Å². The minimum Gasteiger partial charge on any atom is -0.314 e. The summed E-state index contributed by atoms with van der Waals surface area (Å²) >= 11 is 0. The SMILES string of the molecule is C(=NCCNCCNCCNCCN=Cc1ccccn1)c1ccccn1. The summed E-state index contributed by atoms with van der Waals surface area (Å²) in [6.45, 7) is 7.04. The number of nitrogens with zero attached hydrogens (tertiary/aromatic N) is 4. The van der Waals surface area contributed by atoms with E-state index in [4.69, 9.17) is 0 Å². The van der Waals surface area contributed by atoms with Crippen molar-refractivity contribution in [2.75, 3.05) is 52.4 Å². The number of hydrogen-bond acceptors (Lipinski definition) is 7. The molecule has 0 spiro atoms. The largest absolute Gasteiger partial charge is 0.314 e. The third kappa shape index (κ3) is 11.0. The van der Waals surface area contributed by atoms with Gasteiger partial charge in [-0.1, -0.05) is 12.1 Å². The lowest BCUT2D eigenvalue weighted by molar-refractivity contribution is 0.586. The van der Waals surface area contributed by atoms with E-state index in [1.54, 1.807) is 12.4 Å². The predicted molar refractivity (Wildman–Crippen MR) is 112 cm³/mol. The number of nitrogens with one attached hydrogen (secondary N) is 3. The highest BCUT2D eigenvalue weighted by molar-refractivity contribution is 5.77. The van der Waals surface area contributed by atoms with Crippen LogP contribution in [0.1, 0.15) is 11.4 Å². The number of rotatable bonds is 14. The molecular weight excluding hydrogens is 338 g/mol. The first kappa shape index (κ1) is 20.8. The van der Waals surface area contributed by atoms with Crippen LogP contribution < -0.4 is 16.0 Å². The maximum Gasteiger partial charge on any atom is 0.0807 e. The Balaban J connectivity index is 1.33. The zero-order valence-electron chi connectivity index (χ0n) is 15.7. The molecule has 2 heterocycles. The normalized spacial score (nSPS) is 11.6. The summed E-state index contributed by atoms with van der Waals surface area (Å²) in [5, 5.41) is 10.1. The molecule has 7 heteroatoms. The van der Waals surface area contributed by atoms with Gasteiger partial charge in [0.15, 0.2) is 0 Å². The smallest absolute Gasteiger partial charge is 0.0807 e. The van der Waals surface area contributed by atoms with Crippen molar-refractivity contribution in [3.63, 3.8) is 0 Å². The topological polar surface area (TPSA) is 86.6 Å². The van der Waals surface area contributed by atoms with Crippen LogP contribution in [0.3, 0.4) is 0 Å². The lowest BCUT2D eigenvalue weighted by Crippen LogP contribution is -2.34. The van der Waals surface area contributed by atoms with Gasteiger partial charge in [0.25, 0.3) is 0 Å². The molecule has 144 valence electrons. The molecule has 0 fully saturated rings. The summed E-state index contributed by atoms with van der Waals surface area (Å²) in [7, 11) is 0. The molecule has 0 aliphatic rings. The Bertz CT molecular complexity index is 586. The average Bonchev–Trinajstić information content (AvgIpc) is 2.72. The van der Waals surface area contributed by atoms with Crippen LogP contribution in [0.15, 0.2) is 58.8 Å². The van der Waals surface area contributed by atoms with Gasteiger partial charge >= 0.3 is 0 Å². The quantitative estimate of drug-likeness (QED) is 0.339. The fraction of sp³-hybridized carbons (Fsp3) is 0.400. The Morgan fingerprint density at radius 2 is 1.07 bits per heavy atom. The molecule has 3 N–H and O–H groups in total. The Morgan fingerprint density at radius 3 is 1.48 bits per heavy atom. The summed E-state index contributed by atoms with van der Waals surface area (Å²) in [6.07, 6.45) is 7.17. The summed E-state index contributed by atoms with van der Waals surface area (Å²) in [4.78, 5) is 17.1. The molecule has 0 radical (unpaired) electrons. The van der Waals surface area contributed by atoms with Crippen LogP contribution in [0, 0.1) is 0 Å². The molecule has 0 saturated carbocycles. The number of aromatic nitrogens is 2. The fourth-order valence-corrected chi connectivity index (χ4v) is 2.24. The lowest BCUT2D eigenvalue weighted by Gasteiger charge is -2.06. The maximum absolute atomic E-state index is 4.35. The van der Waals surface area contributed by atoms with Gasteiger partial charge in [0.1, 0.15) is 0 Å². The van der Waals surface area contributed by atoms with Gasteiger partial charge in [0, 0.05) is 64.1 Å². The van der Waals surface area contributed by atoms with Gasteiger partial charge < -0.3 is 16.0 Å². The van der Waals surface area contributed by atoms with Crippen molar-refractivity contribution in [3.8, 4) is 0 Å². The van der Waals surface area contributed by atoms with Crippen LogP contribution in [0.4, 0.5) is 0 Å². The molecule has 0 saturated heterocycles. The summed E-state index contributed by atoms with van der Waals surface area (Å²) < 4.78 is 0. The molecule has 0 atom stereocenters. The van der Waals surface area contributed by atoms with E-state index in [-0.39, 0.29) is 0 Å². The van der Waals surface area contributed by atoms with Crippen molar-refractivity contribution in [2.45, 2.75) is 0 Å². The summed E-state index contributed by atoms with van der Waals surface area (Å²) in [6, 6.07) is 11.6. The predicted octanol–water partition coefficient (Wildman–Crippen LogP) is 0.783. The van der Waals surface area contributed by atoms with Gasteiger partial charge in [0.05, 0.1) is 24.5 Å². The number of pyridine rings is 2. The second-order valence-corrected chi connectivity index (χ2v) is 5.83. The molecule has 0 aliphatic heterocycles. The minimum absolute atomic E-state index is 0.761. The van der Waals surface area contributed by atoms with Crippen molar-refractivity contribution in [1.82, 2.24) is 25.9 Å². The zero-order chi connectivity index (χ0) is 18.8. The molecular formula is C20H29N7. The summed E-state index contributed by atoms with van der Waals surface area (Å²) in [5.41, 5.74) is 1.79. The van der Waals surface area contributed by atoms with Crippen molar-refractivity contribution >= 4 is 12.4 Å². The van der Waals surface area contributed by atoms with Crippen molar-refractivity contribution < 1.29 is 0 Å². The van der Waals surface area contributed by atoms with Crippen molar-refractivity contribution in [1.29, 1.82) is 0 Å². The van der Waals surface area contributed by atoms with E-state index in [2.05, 4.69) is 35.9 Å². The van der Waals surface area contributed by atoms with Crippen LogP contribution >= 0.6 is 0 Å². The molecule has 7 nitrogen and oxygen atoms in total. The highest BCUT2D eigenvalue weighted by atomic mass is 15.0. The van der Waals surface area contributed by atoms with E-state index in [0.29, 0.717) is 0 Å². The molecule has 0 aliphatic carbocycles. The van der Waals surface area contributed by atoms with Gasteiger partial charge in [-0.25, -0.2) is 0 Å². The third-order valence-corrected chi connectivity index (χ3v) is 3.62. The number of hydrogen-bond donors (Lipinski definition) is 3. The zero-order valence-corrected chi connectivity index (χ0v) is 15.7. The van der Waals surface area contributed by atoms with Gasteiger partial charge in [-0.05, 0) is 24.3 Å². The Hall–Kier alpha value is -2.48. The van der Waals surface area contributed by atoms with Gasteiger partial charge in [-0.2, -0.15) is 0 Å². The molecule has 2 aromatic heterocycles. The molecule has 0 aromatic carbocycles. The first-order valence-corrected chi connectivity index (χ1v) is 9.39. The first-order valence-electron chi connectivity index (χ1n) is 9.39. The fourth-order valence-electron chi connectivity index (χ4n) is 2.24. The summed E-state index contributed by atoms with van der Waals surface area (Å²) in [5.74, 6) is 0. The second-order valence-electron chi connectivity index (χ2n) is 5.83. The lowest BCUT2D eigenvalue weighted by atomic mass is 10.4.